The van der Waals surface area contributed by atoms with E-state index in [-0.39, 0.29) is 12.3 Å². The van der Waals surface area contributed by atoms with Crippen molar-refractivity contribution < 1.29 is 46.8 Å². The van der Waals surface area contributed by atoms with Gasteiger partial charge in [0.15, 0.2) is 0 Å². The standard InChI is InChI=1S/C24H32N3O10PS/c1-16(18-10-12-19(13-11-18)37-38(32,33)34)23(29)26-20(22(24(30)31)27-39(2,35)36)15-21(28)25-14-6-9-17-7-4-3-5-8-17/h3-5,7-8,10-13,16,20,22,27H,6,9,14-15H2,1-2H3,(H,25,28)(H,26,29)(H,30,31)(H2,32,33,34). The predicted molar refractivity (Wildman–Crippen MR) is 141 cm³/mol. The largest absolute Gasteiger partial charge is 0.524 e. The summed E-state index contributed by atoms with van der Waals surface area (Å²) in [5, 5.41) is 14.8. The molecule has 6 N–H and O–H groups in total. The monoisotopic (exact) mass is 585 g/mol. The maximum Gasteiger partial charge on any atom is 0.524 e. The second-order valence-corrected chi connectivity index (χ2v) is 11.8. The Hall–Kier alpha value is -3.29. The molecule has 15 heteroatoms. The van der Waals surface area contributed by atoms with Crippen LogP contribution in [0.5, 0.6) is 5.75 Å². The molecule has 0 bridgehead atoms. The number of phosphoric ester groups is 1. The third-order valence-corrected chi connectivity index (χ3v) is 6.68. The van der Waals surface area contributed by atoms with Gasteiger partial charge in [-0.1, -0.05) is 42.5 Å². The van der Waals surface area contributed by atoms with E-state index >= 15 is 0 Å². The van der Waals surface area contributed by atoms with E-state index in [0.717, 1.165) is 11.8 Å². The number of aryl methyl sites for hydroxylation is 1. The molecule has 0 aliphatic heterocycles. The zero-order valence-corrected chi connectivity index (χ0v) is 23.0. The van der Waals surface area contributed by atoms with Crippen molar-refractivity contribution in [2.75, 3.05) is 12.8 Å². The molecule has 0 fully saturated rings. The third-order valence-electron chi connectivity index (χ3n) is 5.55. The molecule has 0 aliphatic rings. The van der Waals surface area contributed by atoms with Gasteiger partial charge in [0.2, 0.25) is 21.8 Å². The number of hydrogen-bond acceptors (Lipinski definition) is 7. The molecular weight excluding hydrogens is 553 g/mol. The molecule has 2 aromatic rings. The Labute approximate surface area is 226 Å². The molecular formula is C24H32N3O10PS. The lowest BCUT2D eigenvalue weighted by molar-refractivity contribution is -0.140. The van der Waals surface area contributed by atoms with E-state index in [1.807, 2.05) is 35.1 Å². The summed E-state index contributed by atoms with van der Waals surface area (Å²) in [6.45, 7) is 1.76. The summed E-state index contributed by atoms with van der Waals surface area (Å²) >= 11 is 0. The van der Waals surface area contributed by atoms with Gasteiger partial charge in [-0.2, -0.15) is 4.72 Å². The first-order valence-electron chi connectivity index (χ1n) is 11.8. The first-order valence-corrected chi connectivity index (χ1v) is 15.2. The van der Waals surface area contributed by atoms with Crippen molar-refractivity contribution in [1.82, 2.24) is 15.4 Å². The number of carboxylic acid groups (broad SMARTS) is 1. The van der Waals surface area contributed by atoms with Crippen LogP contribution in [-0.4, -0.2) is 66.0 Å². The number of carbonyl (C=O) groups excluding carboxylic acids is 2. The second kappa shape index (κ2) is 14.2. The minimum Gasteiger partial charge on any atom is -0.480 e. The minimum atomic E-state index is -4.77. The van der Waals surface area contributed by atoms with Crippen LogP contribution in [0.1, 0.15) is 36.8 Å². The summed E-state index contributed by atoms with van der Waals surface area (Å²) in [7, 11) is -8.79. The van der Waals surface area contributed by atoms with E-state index in [1.165, 1.54) is 31.2 Å². The number of aliphatic carboxylic acids is 1. The van der Waals surface area contributed by atoms with Gasteiger partial charge < -0.3 is 20.3 Å². The highest BCUT2D eigenvalue weighted by Gasteiger charge is 2.34. The number of carboxylic acids is 1. The third kappa shape index (κ3) is 12.0. The number of hydrogen-bond donors (Lipinski definition) is 6. The lowest BCUT2D eigenvalue weighted by Crippen LogP contribution is -2.57. The first kappa shape index (κ1) is 31.9. The molecule has 0 saturated heterocycles. The van der Waals surface area contributed by atoms with Crippen LogP contribution >= 0.6 is 7.82 Å². The molecule has 0 saturated carbocycles. The quantitative estimate of drug-likeness (QED) is 0.128. The molecule has 214 valence electrons. The Morgan fingerprint density at radius 2 is 1.64 bits per heavy atom. The van der Waals surface area contributed by atoms with Crippen LogP contribution in [0, 0.1) is 0 Å². The average molecular weight is 586 g/mol. The normalized spacial score (nSPS) is 14.1. The Kier molecular flexibility index (Phi) is 11.6. The minimum absolute atomic E-state index is 0.134. The van der Waals surface area contributed by atoms with E-state index in [9.17, 15) is 32.5 Å². The smallest absolute Gasteiger partial charge is 0.480 e. The maximum absolute atomic E-state index is 13.0. The van der Waals surface area contributed by atoms with Gasteiger partial charge in [-0.3, -0.25) is 24.2 Å². The van der Waals surface area contributed by atoms with Crippen molar-refractivity contribution in [1.29, 1.82) is 0 Å². The predicted octanol–water partition coefficient (Wildman–Crippen LogP) is 0.888. The molecule has 3 atom stereocenters. The number of benzene rings is 2. The fourth-order valence-electron chi connectivity index (χ4n) is 3.64. The Morgan fingerprint density at radius 1 is 1.03 bits per heavy atom. The summed E-state index contributed by atoms with van der Waals surface area (Å²) in [6.07, 6.45) is 1.55. The van der Waals surface area contributed by atoms with Gasteiger partial charge in [-0.05, 0) is 43.0 Å². The molecule has 3 unspecified atom stereocenters. The summed E-state index contributed by atoms with van der Waals surface area (Å²) < 4.78 is 41.0. The Morgan fingerprint density at radius 3 is 2.18 bits per heavy atom. The zero-order chi connectivity index (χ0) is 29.2. The van der Waals surface area contributed by atoms with Crippen molar-refractivity contribution in [3.63, 3.8) is 0 Å². The number of sulfonamides is 1. The fourth-order valence-corrected chi connectivity index (χ4v) is 4.76. The van der Waals surface area contributed by atoms with Crippen LogP contribution in [0.3, 0.4) is 0 Å². The summed E-state index contributed by atoms with van der Waals surface area (Å²) in [6, 6.07) is 11.6. The highest BCUT2D eigenvalue weighted by Crippen LogP contribution is 2.37. The lowest BCUT2D eigenvalue weighted by atomic mass is 9.98. The van der Waals surface area contributed by atoms with E-state index in [0.29, 0.717) is 18.4 Å². The Bertz CT molecular complexity index is 1280. The van der Waals surface area contributed by atoms with Crippen LogP contribution in [0.2, 0.25) is 0 Å². The van der Waals surface area contributed by atoms with Crippen LogP contribution in [-0.2, 0) is 35.4 Å². The molecule has 13 nitrogen and oxygen atoms in total. The zero-order valence-electron chi connectivity index (χ0n) is 21.3. The average Bonchev–Trinajstić information content (AvgIpc) is 2.84. The molecule has 2 amide bonds. The molecule has 2 aromatic carbocycles. The van der Waals surface area contributed by atoms with Gasteiger partial charge in [0.1, 0.15) is 11.8 Å². The van der Waals surface area contributed by atoms with Gasteiger partial charge >= 0.3 is 13.8 Å². The highest BCUT2D eigenvalue weighted by molar-refractivity contribution is 7.88. The summed E-state index contributed by atoms with van der Waals surface area (Å²) in [4.78, 5) is 55.3. The molecule has 0 radical (unpaired) electrons. The molecule has 0 heterocycles. The van der Waals surface area contributed by atoms with Gasteiger partial charge in [0, 0.05) is 13.0 Å². The van der Waals surface area contributed by atoms with Crippen LogP contribution < -0.4 is 19.9 Å². The summed E-state index contributed by atoms with van der Waals surface area (Å²) in [5.74, 6) is -3.92. The van der Waals surface area contributed by atoms with E-state index in [2.05, 4.69) is 15.2 Å². The molecule has 0 spiro atoms. The fraction of sp³-hybridized carbons (Fsp3) is 0.375. The number of rotatable bonds is 15. The van der Waals surface area contributed by atoms with Crippen LogP contribution in [0.4, 0.5) is 0 Å². The van der Waals surface area contributed by atoms with Crippen molar-refractivity contribution in [3.05, 3.63) is 65.7 Å². The SMILES string of the molecule is CC(C(=O)NC(CC(=O)NCCCc1ccccc1)C(NS(C)(=O)=O)C(=O)O)c1ccc(OP(=O)(O)O)cc1. The van der Waals surface area contributed by atoms with Crippen molar-refractivity contribution >= 4 is 35.6 Å². The van der Waals surface area contributed by atoms with Crippen LogP contribution in [0.15, 0.2) is 54.6 Å². The number of phosphoric acid groups is 1. The number of amides is 2. The topological polar surface area (TPSA) is 208 Å². The lowest BCUT2D eigenvalue weighted by Gasteiger charge is -2.26. The van der Waals surface area contributed by atoms with E-state index in [1.54, 1.807) is 0 Å². The van der Waals surface area contributed by atoms with Gasteiger partial charge in [-0.15, -0.1) is 0 Å². The molecule has 0 aliphatic carbocycles. The van der Waals surface area contributed by atoms with Crippen LogP contribution in [0.25, 0.3) is 0 Å². The van der Waals surface area contributed by atoms with Crippen molar-refractivity contribution in [2.24, 2.45) is 0 Å². The van der Waals surface area contributed by atoms with Gasteiger partial charge in [0.05, 0.1) is 18.2 Å². The first-order chi connectivity index (χ1) is 18.1. The van der Waals surface area contributed by atoms with E-state index < -0.39 is 60.1 Å². The van der Waals surface area contributed by atoms with E-state index in [4.69, 9.17) is 9.79 Å². The van der Waals surface area contributed by atoms with Crippen molar-refractivity contribution in [2.45, 2.75) is 44.2 Å². The Balaban J connectivity index is 2.11. The van der Waals surface area contributed by atoms with Gasteiger partial charge in [-0.25, -0.2) is 13.0 Å². The number of nitrogens with one attached hydrogen (secondary N) is 3. The summed E-state index contributed by atoms with van der Waals surface area (Å²) in [5.41, 5.74) is 1.47. The van der Waals surface area contributed by atoms with Crippen molar-refractivity contribution in [3.8, 4) is 5.75 Å². The highest BCUT2D eigenvalue weighted by atomic mass is 32.2. The number of carbonyl (C=O) groups is 3. The molecule has 39 heavy (non-hydrogen) atoms. The maximum atomic E-state index is 13.0. The van der Waals surface area contributed by atoms with Gasteiger partial charge in [0.25, 0.3) is 0 Å². The molecule has 2 rings (SSSR count). The second-order valence-electron chi connectivity index (χ2n) is 8.84. The molecule has 0 aromatic heterocycles.